The molecule has 1 saturated heterocycles. The van der Waals surface area contributed by atoms with Crippen LogP contribution in [0.5, 0.6) is 0 Å². The van der Waals surface area contributed by atoms with Crippen LogP contribution in [0, 0.1) is 5.92 Å². The first-order chi connectivity index (χ1) is 5.68. The van der Waals surface area contributed by atoms with Crippen molar-refractivity contribution in [2.45, 2.75) is 45.2 Å². The zero-order valence-electron chi connectivity index (χ0n) is 7.92. The highest BCUT2D eigenvalue weighted by Gasteiger charge is 2.40. The molecule has 1 aliphatic heterocycles. The van der Waals surface area contributed by atoms with Crippen LogP contribution < -0.4 is 0 Å². The van der Waals surface area contributed by atoms with Gasteiger partial charge < -0.3 is 0 Å². The van der Waals surface area contributed by atoms with E-state index in [2.05, 4.69) is 4.90 Å². The Balaban J connectivity index is 2.02. The Labute approximate surface area is 73.9 Å². The lowest BCUT2D eigenvalue weighted by Crippen LogP contribution is -2.42. The van der Waals surface area contributed by atoms with E-state index in [1.54, 1.807) is 6.92 Å². The topological polar surface area (TPSA) is 20.3 Å². The van der Waals surface area contributed by atoms with Gasteiger partial charge in [0.1, 0.15) is 5.78 Å². The Hall–Kier alpha value is -0.370. The number of hydrogen-bond donors (Lipinski definition) is 0. The molecule has 68 valence electrons. The van der Waals surface area contributed by atoms with Crippen molar-refractivity contribution in [2.75, 3.05) is 6.54 Å². The number of carbonyl (C=O) groups is 1. The van der Waals surface area contributed by atoms with Gasteiger partial charge in [0, 0.05) is 12.6 Å². The minimum absolute atomic E-state index is 0.167. The number of Topliss-reactive ketones (excluding diaryl/α,β-unsaturated/α-hetero) is 1. The maximum Gasteiger partial charge on any atom is 0.146 e. The average molecular weight is 167 g/mol. The summed E-state index contributed by atoms with van der Waals surface area (Å²) in [6.07, 6.45) is 4.06. The fourth-order valence-corrected chi connectivity index (χ4v) is 2.67. The van der Waals surface area contributed by atoms with Crippen molar-refractivity contribution in [1.82, 2.24) is 4.90 Å². The van der Waals surface area contributed by atoms with Gasteiger partial charge in [0.2, 0.25) is 0 Å². The van der Waals surface area contributed by atoms with E-state index in [0.717, 1.165) is 12.0 Å². The van der Waals surface area contributed by atoms with E-state index in [4.69, 9.17) is 0 Å². The fraction of sp³-hybridized carbons (Fsp3) is 0.900. The maximum absolute atomic E-state index is 11.2. The molecule has 1 saturated carbocycles. The molecule has 2 aliphatic rings. The van der Waals surface area contributed by atoms with E-state index in [9.17, 15) is 4.79 Å². The van der Waals surface area contributed by atoms with Crippen LogP contribution in [0.25, 0.3) is 0 Å². The van der Waals surface area contributed by atoms with Crippen molar-refractivity contribution in [2.24, 2.45) is 5.92 Å². The summed E-state index contributed by atoms with van der Waals surface area (Å²) in [5, 5.41) is 0. The first-order valence-electron chi connectivity index (χ1n) is 4.94. The van der Waals surface area contributed by atoms with E-state index in [-0.39, 0.29) is 6.04 Å². The molecule has 2 rings (SSSR count). The summed E-state index contributed by atoms with van der Waals surface area (Å²) >= 11 is 0. The number of fused-ring (bicyclic) bond motifs is 2. The predicted octanol–water partition coefficient (Wildman–Crippen LogP) is 1.45. The molecule has 0 aromatic carbocycles. The van der Waals surface area contributed by atoms with Crippen molar-refractivity contribution in [1.29, 1.82) is 0 Å². The molecule has 0 radical (unpaired) electrons. The zero-order valence-corrected chi connectivity index (χ0v) is 7.92. The number of hydrogen-bond acceptors (Lipinski definition) is 2. The summed E-state index contributed by atoms with van der Waals surface area (Å²) in [5.41, 5.74) is 0. The minimum atomic E-state index is 0.167. The van der Waals surface area contributed by atoms with Crippen LogP contribution >= 0.6 is 0 Å². The third-order valence-corrected chi connectivity index (χ3v) is 3.54. The smallest absolute Gasteiger partial charge is 0.146 e. The summed E-state index contributed by atoms with van der Waals surface area (Å²) in [6, 6.07) is 0.897. The normalized spacial score (nSPS) is 37.2. The highest BCUT2D eigenvalue weighted by molar-refractivity contribution is 5.81. The van der Waals surface area contributed by atoms with E-state index < -0.39 is 0 Å². The molecule has 3 unspecified atom stereocenters. The Bertz CT molecular complexity index is 202. The molecule has 1 aliphatic carbocycles. The van der Waals surface area contributed by atoms with Crippen molar-refractivity contribution in [3.05, 3.63) is 0 Å². The second-order valence-electron chi connectivity index (χ2n) is 4.32. The lowest BCUT2D eigenvalue weighted by molar-refractivity contribution is -0.122. The molecule has 3 atom stereocenters. The van der Waals surface area contributed by atoms with Crippen LogP contribution in [0.4, 0.5) is 0 Å². The number of carbonyl (C=O) groups excluding carboxylic acids is 1. The van der Waals surface area contributed by atoms with Gasteiger partial charge >= 0.3 is 0 Å². The van der Waals surface area contributed by atoms with E-state index in [1.807, 2.05) is 6.92 Å². The van der Waals surface area contributed by atoms with Gasteiger partial charge in [0.15, 0.2) is 0 Å². The van der Waals surface area contributed by atoms with Gasteiger partial charge in [-0.05, 0) is 39.0 Å². The SMILES string of the molecule is CC(=O)C(C)N1CC2CCC1C2. The number of piperidine rings is 1. The van der Waals surface area contributed by atoms with Crippen LogP contribution in [-0.4, -0.2) is 29.3 Å². The van der Waals surface area contributed by atoms with Gasteiger partial charge in [0.05, 0.1) is 6.04 Å². The van der Waals surface area contributed by atoms with E-state index in [0.29, 0.717) is 5.78 Å². The van der Waals surface area contributed by atoms with Crippen LogP contribution in [-0.2, 0) is 4.79 Å². The molecule has 1 heterocycles. The standard InChI is InChI=1S/C10H17NO/c1-7(8(2)12)11-6-9-3-4-10(11)5-9/h7,9-10H,3-6H2,1-2H3. The summed E-state index contributed by atoms with van der Waals surface area (Å²) in [7, 11) is 0. The highest BCUT2D eigenvalue weighted by Crippen LogP contribution is 2.38. The fourth-order valence-electron chi connectivity index (χ4n) is 2.67. The van der Waals surface area contributed by atoms with Gasteiger partial charge in [-0.25, -0.2) is 0 Å². The number of likely N-dealkylation sites (tertiary alicyclic amines) is 1. The molecule has 0 aromatic rings. The Morgan fingerprint density at radius 3 is 2.67 bits per heavy atom. The van der Waals surface area contributed by atoms with Crippen molar-refractivity contribution >= 4 is 5.78 Å². The predicted molar refractivity (Wildman–Crippen MR) is 48.0 cm³/mol. The Morgan fingerprint density at radius 2 is 2.25 bits per heavy atom. The lowest BCUT2D eigenvalue weighted by atomic mass is 10.1. The molecule has 0 amide bonds. The Kier molecular flexibility index (Phi) is 1.95. The third kappa shape index (κ3) is 1.18. The van der Waals surface area contributed by atoms with Crippen molar-refractivity contribution < 1.29 is 4.79 Å². The van der Waals surface area contributed by atoms with Crippen LogP contribution in [0.15, 0.2) is 0 Å². The molecule has 2 fully saturated rings. The third-order valence-electron chi connectivity index (χ3n) is 3.54. The second kappa shape index (κ2) is 2.84. The van der Waals surface area contributed by atoms with Crippen LogP contribution in [0.2, 0.25) is 0 Å². The minimum Gasteiger partial charge on any atom is -0.298 e. The first kappa shape index (κ1) is 8.24. The largest absolute Gasteiger partial charge is 0.298 e. The van der Waals surface area contributed by atoms with Gasteiger partial charge in [-0.2, -0.15) is 0 Å². The molecule has 0 N–H and O–H groups in total. The van der Waals surface area contributed by atoms with Gasteiger partial charge in [0.25, 0.3) is 0 Å². The summed E-state index contributed by atoms with van der Waals surface area (Å²) in [6.45, 7) is 4.92. The van der Waals surface area contributed by atoms with Crippen molar-refractivity contribution in [3.8, 4) is 0 Å². The molecule has 0 spiro atoms. The molecule has 2 nitrogen and oxygen atoms in total. The average Bonchev–Trinajstić information content (AvgIpc) is 2.62. The van der Waals surface area contributed by atoms with Gasteiger partial charge in [-0.1, -0.05) is 0 Å². The molecule has 2 bridgehead atoms. The molecular weight excluding hydrogens is 150 g/mol. The second-order valence-corrected chi connectivity index (χ2v) is 4.32. The Morgan fingerprint density at radius 1 is 1.50 bits per heavy atom. The van der Waals surface area contributed by atoms with Crippen LogP contribution in [0.3, 0.4) is 0 Å². The quantitative estimate of drug-likeness (QED) is 0.620. The summed E-state index contributed by atoms with van der Waals surface area (Å²) in [5.74, 6) is 1.22. The molecule has 0 aromatic heterocycles. The van der Waals surface area contributed by atoms with Gasteiger partial charge in [-0.3, -0.25) is 9.69 Å². The van der Waals surface area contributed by atoms with E-state index >= 15 is 0 Å². The van der Waals surface area contributed by atoms with Gasteiger partial charge in [-0.15, -0.1) is 0 Å². The number of nitrogens with zero attached hydrogens (tertiary/aromatic N) is 1. The highest BCUT2D eigenvalue weighted by atomic mass is 16.1. The number of rotatable bonds is 2. The monoisotopic (exact) mass is 167 g/mol. The van der Waals surface area contributed by atoms with Crippen LogP contribution in [0.1, 0.15) is 33.1 Å². The van der Waals surface area contributed by atoms with Crippen molar-refractivity contribution in [3.63, 3.8) is 0 Å². The molecular formula is C10H17NO. The first-order valence-corrected chi connectivity index (χ1v) is 4.94. The van der Waals surface area contributed by atoms with E-state index in [1.165, 1.54) is 25.8 Å². The molecule has 12 heavy (non-hydrogen) atoms. The number of ketones is 1. The molecule has 2 heteroatoms. The summed E-state index contributed by atoms with van der Waals surface area (Å²) < 4.78 is 0. The summed E-state index contributed by atoms with van der Waals surface area (Å²) in [4.78, 5) is 13.6. The zero-order chi connectivity index (χ0) is 8.72. The lowest BCUT2D eigenvalue weighted by Gasteiger charge is -2.31. The maximum atomic E-state index is 11.2.